The van der Waals surface area contributed by atoms with Gasteiger partial charge >= 0.3 is 5.97 Å². The second-order valence-electron chi connectivity index (χ2n) is 0.449. The average Bonchev–Trinajstić information content (AvgIpc) is 1.38. The van der Waals surface area contributed by atoms with E-state index in [-0.39, 0.29) is 12.4 Å². The van der Waals surface area contributed by atoms with Crippen molar-refractivity contribution in [1.82, 2.24) is 0 Å². The Hall–Kier alpha value is -0.680. The van der Waals surface area contributed by atoms with Gasteiger partial charge in [0.25, 0.3) is 0 Å². The molecule has 3 heteroatoms. The van der Waals surface area contributed by atoms with Gasteiger partial charge in [-0.2, -0.15) is 0 Å². The minimum absolute atomic E-state index is 0. The lowest BCUT2D eigenvalue weighted by Crippen LogP contribution is -1.83. The highest BCUT2D eigenvalue weighted by atomic mass is 35.5. The van der Waals surface area contributed by atoms with Crippen molar-refractivity contribution in [1.29, 1.82) is 0 Å². The van der Waals surface area contributed by atoms with Crippen LogP contribution in [0.3, 0.4) is 0 Å². The minimum atomic E-state index is -1.22. The quantitative estimate of drug-likeness (QED) is 0.446. The number of hydrogen-bond acceptors (Lipinski definition) is 1. The third-order valence-corrected chi connectivity index (χ3v) is 0.123. The van der Waals surface area contributed by atoms with E-state index in [4.69, 9.17) is 9.90 Å². The van der Waals surface area contributed by atoms with Crippen molar-refractivity contribution in [3.8, 4) is 12.3 Å². The molecule has 0 aromatic carbocycles. The topological polar surface area (TPSA) is 37.3 Å². The molecule has 0 atom stereocenters. The fraction of sp³-hybridized carbons (Fsp3) is 0. The SMILES string of the molecule is C#CC(=O)O.Cl. The molecule has 0 aromatic rings. The summed E-state index contributed by atoms with van der Waals surface area (Å²) in [5.74, 6) is 0.227. The Morgan fingerprint density at radius 2 is 2.00 bits per heavy atom. The van der Waals surface area contributed by atoms with Crippen LogP contribution in [0.1, 0.15) is 0 Å². The summed E-state index contributed by atoms with van der Waals surface area (Å²) in [7, 11) is 0. The molecule has 6 heavy (non-hydrogen) atoms. The molecule has 0 saturated heterocycles. The van der Waals surface area contributed by atoms with Gasteiger partial charge in [-0.25, -0.2) is 4.79 Å². The molecule has 0 radical (unpaired) electrons. The summed E-state index contributed by atoms with van der Waals surface area (Å²) in [6.45, 7) is 0. The van der Waals surface area contributed by atoms with Crippen LogP contribution in [0.25, 0.3) is 0 Å². The van der Waals surface area contributed by atoms with Gasteiger partial charge in [0.1, 0.15) is 0 Å². The van der Waals surface area contributed by atoms with Crippen LogP contribution in [0.15, 0.2) is 0 Å². The second kappa shape index (κ2) is 4.32. The molecule has 0 aromatic heterocycles. The average molecular weight is 107 g/mol. The van der Waals surface area contributed by atoms with Gasteiger partial charge in [-0.1, -0.05) is 0 Å². The molecule has 0 amide bonds. The molecule has 0 saturated carbocycles. The van der Waals surface area contributed by atoms with Gasteiger partial charge < -0.3 is 5.11 Å². The predicted octanol–water partition coefficient (Wildman–Crippen LogP) is 0.126. The zero-order valence-corrected chi connectivity index (χ0v) is 3.66. The molecular weight excluding hydrogens is 103 g/mol. The van der Waals surface area contributed by atoms with Gasteiger partial charge in [-0.05, 0) is 0 Å². The number of rotatable bonds is 0. The molecule has 0 fully saturated rings. The zero-order valence-electron chi connectivity index (χ0n) is 2.84. The monoisotopic (exact) mass is 106 g/mol. The Morgan fingerprint density at radius 1 is 1.83 bits per heavy atom. The van der Waals surface area contributed by atoms with Crippen molar-refractivity contribution in [3.63, 3.8) is 0 Å². The summed E-state index contributed by atoms with van der Waals surface area (Å²) in [5.41, 5.74) is 0. The molecule has 0 spiro atoms. The Kier molecular flexibility index (Phi) is 6.49. The van der Waals surface area contributed by atoms with Gasteiger partial charge in [0.2, 0.25) is 0 Å². The molecule has 0 unspecified atom stereocenters. The summed E-state index contributed by atoms with van der Waals surface area (Å²) in [6.07, 6.45) is 4.32. The molecule has 2 nitrogen and oxygen atoms in total. The van der Waals surface area contributed by atoms with Gasteiger partial charge in [0.05, 0.1) is 0 Å². The standard InChI is InChI=1S/C3H2O2.ClH/c1-2-3(4)5;/h1H,(H,4,5);1H. The maximum Gasteiger partial charge on any atom is 0.381 e. The van der Waals surface area contributed by atoms with Crippen molar-refractivity contribution in [2.75, 3.05) is 0 Å². The van der Waals surface area contributed by atoms with Crippen LogP contribution in [0.5, 0.6) is 0 Å². The van der Waals surface area contributed by atoms with Crippen LogP contribution in [0.2, 0.25) is 0 Å². The predicted molar refractivity (Wildman–Crippen MR) is 23.7 cm³/mol. The van der Waals surface area contributed by atoms with E-state index in [2.05, 4.69) is 6.42 Å². The van der Waals surface area contributed by atoms with Gasteiger partial charge in [0.15, 0.2) is 0 Å². The Balaban J connectivity index is 0. The lowest BCUT2D eigenvalue weighted by Gasteiger charge is -1.60. The number of aliphatic carboxylic acids is 1. The van der Waals surface area contributed by atoms with Crippen molar-refractivity contribution in [3.05, 3.63) is 0 Å². The largest absolute Gasteiger partial charge is 0.472 e. The lowest BCUT2D eigenvalue weighted by atomic mass is 10.7. The van der Waals surface area contributed by atoms with E-state index in [0.29, 0.717) is 0 Å². The van der Waals surface area contributed by atoms with Crippen LogP contribution < -0.4 is 0 Å². The highest BCUT2D eigenvalue weighted by Crippen LogP contribution is 1.44. The summed E-state index contributed by atoms with van der Waals surface area (Å²) in [4.78, 5) is 9.13. The highest BCUT2D eigenvalue weighted by molar-refractivity contribution is 5.85. The number of carbonyl (C=O) groups is 1. The lowest BCUT2D eigenvalue weighted by molar-refractivity contribution is -0.130. The van der Waals surface area contributed by atoms with Crippen molar-refractivity contribution in [2.24, 2.45) is 0 Å². The molecule has 0 aliphatic rings. The van der Waals surface area contributed by atoms with Crippen LogP contribution in [0.4, 0.5) is 0 Å². The van der Waals surface area contributed by atoms with E-state index < -0.39 is 5.97 Å². The zero-order chi connectivity index (χ0) is 4.28. The van der Waals surface area contributed by atoms with Crippen LogP contribution in [-0.2, 0) is 4.79 Å². The Morgan fingerprint density at radius 3 is 2.00 bits per heavy atom. The number of hydrogen-bond donors (Lipinski definition) is 1. The summed E-state index contributed by atoms with van der Waals surface area (Å²) < 4.78 is 0. The van der Waals surface area contributed by atoms with E-state index in [1.165, 1.54) is 5.92 Å². The number of carboxylic acid groups (broad SMARTS) is 1. The first-order valence-electron chi connectivity index (χ1n) is 0.966. The van der Waals surface area contributed by atoms with E-state index in [1.807, 2.05) is 0 Å². The molecule has 0 aliphatic carbocycles. The second-order valence-corrected chi connectivity index (χ2v) is 0.449. The molecular formula is C3H3ClO2. The molecule has 0 heterocycles. The molecule has 34 valence electrons. The minimum Gasteiger partial charge on any atom is -0.472 e. The fourth-order valence-electron chi connectivity index (χ4n) is 0. The number of terminal acetylenes is 1. The van der Waals surface area contributed by atoms with E-state index in [0.717, 1.165) is 0 Å². The van der Waals surface area contributed by atoms with Crippen LogP contribution in [-0.4, -0.2) is 11.1 Å². The van der Waals surface area contributed by atoms with Gasteiger partial charge in [-0.3, -0.25) is 0 Å². The summed E-state index contributed by atoms with van der Waals surface area (Å²) in [5, 5.41) is 7.49. The first-order valence-corrected chi connectivity index (χ1v) is 0.966. The smallest absolute Gasteiger partial charge is 0.381 e. The fourth-order valence-corrected chi connectivity index (χ4v) is 0. The molecule has 0 aliphatic heterocycles. The normalized spacial score (nSPS) is 4.50. The van der Waals surface area contributed by atoms with Gasteiger partial charge in [-0.15, -0.1) is 18.8 Å². The number of halogens is 1. The first-order chi connectivity index (χ1) is 2.27. The van der Waals surface area contributed by atoms with Crippen molar-refractivity contribution in [2.45, 2.75) is 0 Å². The maximum atomic E-state index is 9.13. The Bertz CT molecular complexity index is 81.3. The van der Waals surface area contributed by atoms with Crippen LogP contribution >= 0.6 is 12.4 Å². The maximum absolute atomic E-state index is 9.13. The summed E-state index contributed by atoms with van der Waals surface area (Å²) in [6, 6.07) is 0. The number of carboxylic acids is 1. The first kappa shape index (κ1) is 9.01. The van der Waals surface area contributed by atoms with Crippen molar-refractivity contribution >= 4 is 18.4 Å². The third-order valence-electron chi connectivity index (χ3n) is 0.123. The van der Waals surface area contributed by atoms with Crippen LogP contribution in [0, 0.1) is 12.3 Å². The molecule has 1 N–H and O–H groups in total. The molecule has 0 rings (SSSR count). The van der Waals surface area contributed by atoms with Crippen molar-refractivity contribution < 1.29 is 9.90 Å². The van der Waals surface area contributed by atoms with Gasteiger partial charge in [0, 0.05) is 5.92 Å². The van der Waals surface area contributed by atoms with E-state index in [1.54, 1.807) is 0 Å². The Labute approximate surface area is 41.6 Å². The van der Waals surface area contributed by atoms with E-state index in [9.17, 15) is 0 Å². The highest BCUT2D eigenvalue weighted by Gasteiger charge is 1.74. The third kappa shape index (κ3) is 10.3. The van der Waals surface area contributed by atoms with E-state index >= 15 is 0 Å². The summed E-state index contributed by atoms with van der Waals surface area (Å²) >= 11 is 0. The molecule has 0 bridgehead atoms.